The Labute approximate surface area is 193 Å². The molecular weight excluding hydrogens is 424 g/mol. The number of rotatable bonds is 8. The molecule has 0 aromatic carbocycles. The molecule has 7 heteroatoms. The van der Waals surface area contributed by atoms with E-state index in [1.54, 1.807) is 23.4 Å². The van der Waals surface area contributed by atoms with Gasteiger partial charge in [-0.25, -0.2) is 8.42 Å². The monoisotopic (exact) mass is 462 g/mol. The van der Waals surface area contributed by atoms with Gasteiger partial charge in [0.1, 0.15) is 6.54 Å². The molecule has 3 rings (SSSR count). The van der Waals surface area contributed by atoms with Crippen molar-refractivity contribution in [2.75, 3.05) is 19.6 Å². The van der Waals surface area contributed by atoms with Gasteiger partial charge in [-0.1, -0.05) is 38.2 Å². The maximum Gasteiger partial charge on any atom is 0.323 e. The van der Waals surface area contributed by atoms with Crippen LogP contribution in [-0.4, -0.2) is 54.4 Å². The average Bonchev–Trinajstić information content (AvgIpc) is 3.30. The maximum absolute atomic E-state index is 12.8. The lowest BCUT2D eigenvalue weighted by atomic mass is 9.66. The maximum atomic E-state index is 12.8. The highest BCUT2D eigenvalue weighted by molar-refractivity contribution is 7.93. The predicted octanol–water partition coefficient (Wildman–Crippen LogP) is 4.69. The number of hydrogen-bond acceptors (Lipinski definition) is 4. The summed E-state index contributed by atoms with van der Waals surface area (Å²) in [5.41, 5.74) is 3.59. The van der Waals surface area contributed by atoms with Crippen LogP contribution in [0.2, 0.25) is 0 Å². The molecule has 0 bridgehead atoms. The lowest BCUT2D eigenvalue weighted by Gasteiger charge is -2.43. The molecule has 2 heterocycles. The second-order valence-corrected chi connectivity index (χ2v) is 12.1. The van der Waals surface area contributed by atoms with E-state index in [0.717, 1.165) is 37.8 Å². The average molecular weight is 463 g/mol. The summed E-state index contributed by atoms with van der Waals surface area (Å²) in [6.45, 7) is 13.8. The van der Waals surface area contributed by atoms with Crippen LogP contribution in [0, 0.1) is 11.3 Å². The van der Waals surface area contributed by atoms with Gasteiger partial charge in [0.2, 0.25) is 10.0 Å². The Morgan fingerprint density at radius 3 is 2.53 bits per heavy atom. The first-order valence-electron chi connectivity index (χ1n) is 11.7. The summed E-state index contributed by atoms with van der Waals surface area (Å²) in [7, 11) is -3.42. The van der Waals surface area contributed by atoms with Crippen molar-refractivity contribution in [2.45, 2.75) is 72.3 Å². The van der Waals surface area contributed by atoms with Crippen LogP contribution in [0.5, 0.6) is 0 Å². The molecule has 32 heavy (non-hydrogen) atoms. The summed E-state index contributed by atoms with van der Waals surface area (Å²) >= 11 is 0. The van der Waals surface area contributed by atoms with Gasteiger partial charge in [-0.3, -0.25) is 4.79 Å². The number of carboxylic acid groups (broad SMARTS) is 1. The van der Waals surface area contributed by atoms with E-state index in [2.05, 4.69) is 20.4 Å². The van der Waals surface area contributed by atoms with Gasteiger partial charge in [-0.2, -0.15) is 4.31 Å². The van der Waals surface area contributed by atoms with E-state index >= 15 is 0 Å². The Hall–Kier alpha value is -1.86. The van der Waals surface area contributed by atoms with Crippen molar-refractivity contribution in [1.82, 2.24) is 9.21 Å². The normalized spacial score (nSPS) is 26.9. The van der Waals surface area contributed by atoms with E-state index in [9.17, 15) is 18.3 Å². The highest BCUT2D eigenvalue weighted by Crippen LogP contribution is 2.51. The Morgan fingerprint density at radius 2 is 1.94 bits per heavy atom. The molecule has 1 aliphatic carbocycles. The number of carboxylic acids is 1. The summed E-state index contributed by atoms with van der Waals surface area (Å²) in [5, 5.41) is 9.47. The minimum absolute atomic E-state index is 0.00645. The third-order valence-electron chi connectivity index (χ3n) is 7.12. The van der Waals surface area contributed by atoms with Gasteiger partial charge in [0.25, 0.3) is 0 Å². The minimum atomic E-state index is -3.42. The second kappa shape index (κ2) is 9.56. The number of fused-ring (bicyclic) bond motifs is 1. The standard InChI is InChI=1S/C25H38N2O4S/c1-6-20(32(30,31)26-13-9-10-14-26)11-7-8-12-21-19(3)27(17-23(28)29)22-16-25(4,5)15-18(2)24(21)22/h6-7,11,22,24H,2,8-10,12-17H2,1,3-5H3,(H,28,29)/b11-7-,20-6+. The predicted molar refractivity (Wildman–Crippen MR) is 128 cm³/mol. The summed E-state index contributed by atoms with van der Waals surface area (Å²) in [4.78, 5) is 13.9. The van der Waals surface area contributed by atoms with Gasteiger partial charge < -0.3 is 10.0 Å². The van der Waals surface area contributed by atoms with Crippen LogP contribution < -0.4 is 0 Å². The third kappa shape index (κ3) is 5.04. The number of aliphatic carboxylic acids is 1. The molecule has 2 atom stereocenters. The fourth-order valence-corrected chi connectivity index (χ4v) is 7.35. The summed E-state index contributed by atoms with van der Waals surface area (Å²) in [6, 6.07) is 0.142. The molecule has 0 amide bonds. The van der Waals surface area contributed by atoms with Crippen LogP contribution in [0.25, 0.3) is 0 Å². The molecule has 3 aliphatic rings. The number of hydrogen-bond donors (Lipinski definition) is 1. The molecular formula is C25H38N2O4S. The summed E-state index contributed by atoms with van der Waals surface area (Å²) in [6.07, 6.45) is 10.5. The third-order valence-corrected chi connectivity index (χ3v) is 9.13. The van der Waals surface area contributed by atoms with Crippen molar-refractivity contribution in [2.24, 2.45) is 11.3 Å². The van der Waals surface area contributed by atoms with E-state index < -0.39 is 16.0 Å². The van der Waals surface area contributed by atoms with Crippen LogP contribution in [0.15, 0.2) is 46.6 Å². The van der Waals surface area contributed by atoms with Gasteiger partial charge >= 0.3 is 5.97 Å². The molecule has 2 unspecified atom stereocenters. The van der Waals surface area contributed by atoms with Crippen molar-refractivity contribution in [3.63, 3.8) is 0 Å². The van der Waals surface area contributed by atoms with E-state index in [0.29, 0.717) is 24.4 Å². The lowest BCUT2D eigenvalue weighted by molar-refractivity contribution is -0.138. The number of carbonyl (C=O) groups is 1. The first-order valence-corrected chi connectivity index (χ1v) is 13.1. The first kappa shape index (κ1) is 24.8. The molecule has 0 aromatic rings. The summed E-state index contributed by atoms with van der Waals surface area (Å²) < 4.78 is 27.2. The second-order valence-electron chi connectivity index (χ2n) is 10.1. The number of nitrogens with zero attached hydrogens (tertiary/aromatic N) is 2. The quantitative estimate of drug-likeness (QED) is 0.418. The zero-order chi connectivity index (χ0) is 23.7. The Morgan fingerprint density at radius 1 is 1.28 bits per heavy atom. The fraction of sp³-hybridized carbons (Fsp3) is 0.640. The molecule has 1 saturated heterocycles. The Bertz CT molecular complexity index is 952. The Kier molecular flexibility index (Phi) is 7.40. The Balaban J connectivity index is 1.74. The molecule has 6 nitrogen and oxygen atoms in total. The van der Waals surface area contributed by atoms with Crippen molar-refractivity contribution in [3.05, 3.63) is 46.6 Å². The van der Waals surface area contributed by atoms with E-state index in [4.69, 9.17) is 0 Å². The van der Waals surface area contributed by atoms with Gasteiger partial charge in [0, 0.05) is 30.7 Å². The van der Waals surface area contributed by atoms with Crippen molar-refractivity contribution < 1.29 is 18.3 Å². The highest BCUT2D eigenvalue weighted by Gasteiger charge is 2.46. The van der Waals surface area contributed by atoms with Crippen LogP contribution in [0.3, 0.4) is 0 Å². The van der Waals surface area contributed by atoms with E-state index in [1.807, 2.05) is 17.9 Å². The van der Waals surface area contributed by atoms with E-state index in [1.165, 1.54) is 11.1 Å². The smallest absolute Gasteiger partial charge is 0.323 e. The SMILES string of the molecule is C=C1CC(C)(C)CC2C1C(CC/C=C\C(=C/C)S(=O)(=O)N1CCCC1)=C(C)N2CC(=O)O. The van der Waals surface area contributed by atoms with Crippen molar-refractivity contribution in [3.8, 4) is 0 Å². The molecule has 2 aliphatic heterocycles. The van der Waals surface area contributed by atoms with E-state index in [-0.39, 0.29) is 23.9 Å². The van der Waals surface area contributed by atoms with Gasteiger partial charge in [0.15, 0.2) is 0 Å². The topological polar surface area (TPSA) is 77.9 Å². The molecule has 1 saturated carbocycles. The zero-order valence-electron chi connectivity index (χ0n) is 19.9. The van der Waals surface area contributed by atoms with Crippen LogP contribution in [0.1, 0.15) is 66.2 Å². The number of allylic oxidation sites excluding steroid dienone is 4. The fourth-order valence-electron chi connectivity index (χ4n) is 5.74. The zero-order valence-corrected chi connectivity index (χ0v) is 20.7. The number of sulfonamides is 1. The lowest BCUT2D eigenvalue weighted by Crippen LogP contribution is -2.44. The first-order chi connectivity index (χ1) is 15.0. The molecule has 178 valence electrons. The van der Waals surface area contributed by atoms with Crippen molar-refractivity contribution in [1.29, 1.82) is 0 Å². The highest BCUT2D eigenvalue weighted by atomic mass is 32.2. The molecule has 1 N–H and O–H groups in total. The van der Waals surface area contributed by atoms with Crippen LogP contribution >= 0.6 is 0 Å². The molecule has 0 aromatic heterocycles. The molecule has 0 spiro atoms. The van der Waals surface area contributed by atoms with Crippen LogP contribution in [0.4, 0.5) is 0 Å². The van der Waals surface area contributed by atoms with Gasteiger partial charge in [-0.15, -0.1) is 0 Å². The largest absolute Gasteiger partial charge is 0.480 e. The van der Waals surface area contributed by atoms with Gasteiger partial charge in [0.05, 0.1) is 4.91 Å². The summed E-state index contributed by atoms with van der Waals surface area (Å²) in [5.74, 6) is -0.631. The molecule has 2 fully saturated rings. The van der Waals surface area contributed by atoms with Crippen molar-refractivity contribution >= 4 is 16.0 Å². The molecule has 0 radical (unpaired) electrons. The van der Waals surface area contributed by atoms with Gasteiger partial charge in [-0.05, 0) is 69.4 Å². The van der Waals surface area contributed by atoms with Crippen LogP contribution in [-0.2, 0) is 14.8 Å². The minimum Gasteiger partial charge on any atom is -0.480 e.